The standard InChI is InChI=1S/C13H16F3N3OS/c1-20-12(5-2-6-12)7-18-11-8(10(17)21)3-4-9(19-11)13(14,15)16/h3-4H,2,5-7H2,1H3,(H2,17,21)(H,18,19). The first-order valence-electron chi connectivity index (χ1n) is 6.44. The van der Waals surface area contributed by atoms with Crippen molar-refractivity contribution in [2.45, 2.75) is 31.0 Å². The van der Waals surface area contributed by atoms with Gasteiger partial charge in [-0.15, -0.1) is 0 Å². The first-order chi connectivity index (χ1) is 9.77. The van der Waals surface area contributed by atoms with Crippen LogP contribution in [0.2, 0.25) is 0 Å². The highest BCUT2D eigenvalue weighted by molar-refractivity contribution is 7.80. The number of anilines is 1. The summed E-state index contributed by atoms with van der Waals surface area (Å²) in [6.07, 6.45) is -1.76. The van der Waals surface area contributed by atoms with Crippen LogP contribution < -0.4 is 11.1 Å². The lowest BCUT2D eigenvalue weighted by molar-refractivity contribution is -0.141. The third-order valence-electron chi connectivity index (χ3n) is 3.73. The van der Waals surface area contributed by atoms with Gasteiger partial charge < -0.3 is 15.8 Å². The molecular weight excluding hydrogens is 303 g/mol. The van der Waals surface area contributed by atoms with Gasteiger partial charge in [-0.2, -0.15) is 13.2 Å². The first-order valence-corrected chi connectivity index (χ1v) is 6.85. The molecule has 0 atom stereocenters. The second-order valence-electron chi connectivity index (χ2n) is 5.05. The smallest absolute Gasteiger partial charge is 0.389 e. The highest BCUT2D eigenvalue weighted by Gasteiger charge is 2.37. The number of hydrogen-bond donors (Lipinski definition) is 2. The van der Waals surface area contributed by atoms with Gasteiger partial charge in [0.2, 0.25) is 0 Å². The van der Waals surface area contributed by atoms with Crippen LogP contribution in [0.25, 0.3) is 0 Å². The molecule has 1 aromatic rings. The van der Waals surface area contributed by atoms with Crippen LogP contribution in [0.15, 0.2) is 12.1 Å². The maximum Gasteiger partial charge on any atom is 0.433 e. The van der Waals surface area contributed by atoms with Gasteiger partial charge in [0.25, 0.3) is 0 Å². The van der Waals surface area contributed by atoms with E-state index in [-0.39, 0.29) is 16.4 Å². The molecule has 3 N–H and O–H groups in total. The number of hydrogen-bond acceptors (Lipinski definition) is 4. The molecule has 2 rings (SSSR count). The van der Waals surface area contributed by atoms with Gasteiger partial charge in [0, 0.05) is 13.7 Å². The van der Waals surface area contributed by atoms with Gasteiger partial charge >= 0.3 is 6.18 Å². The summed E-state index contributed by atoms with van der Waals surface area (Å²) in [5.74, 6) is 0.0423. The Hall–Kier alpha value is -1.41. The van der Waals surface area contributed by atoms with Crippen LogP contribution in [0.5, 0.6) is 0 Å². The largest absolute Gasteiger partial charge is 0.433 e. The van der Waals surface area contributed by atoms with E-state index in [0.717, 1.165) is 25.3 Å². The molecule has 0 radical (unpaired) electrons. The maximum atomic E-state index is 12.7. The fraction of sp³-hybridized carbons (Fsp3) is 0.538. The Kier molecular flexibility index (Phi) is 4.38. The summed E-state index contributed by atoms with van der Waals surface area (Å²) in [7, 11) is 1.59. The second-order valence-corrected chi connectivity index (χ2v) is 5.49. The quantitative estimate of drug-likeness (QED) is 0.817. The van der Waals surface area contributed by atoms with Crippen LogP contribution in [-0.2, 0) is 10.9 Å². The van der Waals surface area contributed by atoms with Crippen molar-refractivity contribution in [3.05, 3.63) is 23.4 Å². The Labute approximate surface area is 125 Å². The molecule has 1 saturated carbocycles. The van der Waals surface area contributed by atoms with E-state index < -0.39 is 11.9 Å². The van der Waals surface area contributed by atoms with Gasteiger partial charge in [0.05, 0.1) is 11.2 Å². The summed E-state index contributed by atoms with van der Waals surface area (Å²) < 4.78 is 43.6. The van der Waals surface area contributed by atoms with Crippen molar-refractivity contribution in [2.75, 3.05) is 19.0 Å². The average molecular weight is 319 g/mol. The maximum absolute atomic E-state index is 12.7. The van der Waals surface area contributed by atoms with Gasteiger partial charge in [-0.3, -0.25) is 0 Å². The highest BCUT2D eigenvalue weighted by atomic mass is 32.1. The molecule has 0 saturated heterocycles. The van der Waals surface area contributed by atoms with Crippen LogP contribution in [-0.4, -0.2) is 29.2 Å². The van der Waals surface area contributed by atoms with Gasteiger partial charge in [-0.25, -0.2) is 4.98 Å². The zero-order valence-corrected chi connectivity index (χ0v) is 12.3. The van der Waals surface area contributed by atoms with Crippen LogP contribution in [0.4, 0.5) is 19.0 Å². The number of pyridine rings is 1. The molecule has 0 aromatic carbocycles. The molecule has 1 aromatic heterocycles. The minimum atomic E-state index is -4.51. The van der Waals surface area contributed by atoms with Gasteiger partial charge in [-0.1, -0.05) is 12.2 Å². The van der Waals surface area contributed by atoms with Crippen molar-refractivity contribution >= 4 is 23.0 Å². The molecule has 0 spiro atoms. The summed E-state index contributed by atoms with van der Waals surface area (Å²) >= 11 is 4.85. The lowest BCUT2D eigenvalue weighted by Gasteiger charge is -2.40. The fourth-order valence-electron chi connectivity index (χ4n) is 2.22. The van der Waals surface area contributed by atoms with Crippen LogP contribution >= 0.6 is 12.2 Å². The Morgan fingerprint density at radius 2 is 2.14 bits per heavy atom. The van der Waals surface area contributed by atoms with Crippen molar-refractivity contribution in [3.63, 3.8) is 0 Å². The minimum Gasteiger partial charge on any atom is -0.389 e. The van der Waals surface area contributed by atoms with Crippen LogP contribution in [0.3, 0.4) is 0 Å². The van der Waals surface area contributed by atoms with E-state index in [9.17, 15) is 13.2 Å². The molecule has 0 bridgehead atoms. The van der Waals surface area contributed by atoms with E-state index in [2.05, 4.69) is 10.3 Å². The average Bonchev–Trinajstić information content (AvgIpc) is 2.36. The number of methoxy groups -OCH3 is 1. The van der Waals surface area contributed by atoms with Crippen molar-refractivity contribution < 1.29 is 17.9 Å². The number of nitrogens with one attached hydrogen (secondary N) is 1. The summed E-state index contributed by atoms with van der Waals surface area (Å²) in [4.78, 5) is 3.60. The summed E-state index contributed by atoms with van der Waals surface area (Å²) in [6.45, 7) is 0.368. The number of nitrogens with zero attached hydrogens (tertiary/aromatic N) is 1. The third-order valence-corrected chi connectivity index (χ3v) is 3.95. The zero-order chi connectivity index (χ0) is 15.7. The normalized spacial score (nSPS) is 17.1. The second kappa shape index (κ2) is 5.76. The molecule has 0 aliphatic heterocycles. The van der Waals surface area contributed by atoms with Gasteiger partial charge in [-0.05, 0) is 31.4 Å². The molecule has 21 heavy (non-hydrogen) atoms. The Morgan fingerprint density at radius 3 is 2.57 bits per heavy atom. The van der Waals surface area contributed by atoms with Crippen LogP contribution in [0, 0.1) is 0 Å². The minimum absolute atomic E-state index is 0.00111. The van der Waals surface area contributed by atoms with Crippen molar-refractivity contribution in [1.82, 2.24) is 4.98 Å². The van der Waals surface area contributed by atoms with E-state index in [0.29, 0.717) is 12.1 Å². The van der Waals surface area contributed by atoms with E-state index >= 15 is 0 Å². The summed E-state index contributed by atoms with van der Waals surface area (Å²) in [6, 6.07) is 2.11. The van der Waals surface area contributed by atoms with E-state index in [1.54, 1.807) is 7.11 Å². The Balaban J connectivity index is 2.24. The molecule has 1 aliphatic carbocycles. The van der Waals surface area contributed by atoms with Crippen molar-refractivity contribution in [3.8, 4) is 0 Å². The predicted octanol–water partition coefficient (Wildman–Crippen LogP) is 2.72. The first kappa shape index (κ1) is 16.0. The lowest BCUT2D eigenvalue weighted by atomic mass is 9.80. The molecular formula is C13H16F3N3OS. The van der Waals surface area contributed by atoms with Gasteiger partial charge in [0.1, 0.15) is 16.5 Å². The monoisotopic (exact) mass is 319 g/mol. The Bertz CT molecular complexity index is 538. The van der Waals surface area contributed by atoms with E-state index in [4.69, 9.17) is 22.7 Å². The molecule has 1 fully saturated rings. The fourth-order valence-corrected chi connectivity index (χ4v) is 2.38. The molecule has 0 unspecified atom stereocenters. The highest BCUT2D eigenvalue weighted by Crippen LogP contribution is 2.35. The van der Waals surface area contributed by atoms with Crippen LogP contribution in [0.1, 0.15) is 30.5 Å². The number of rotatable bonds is 5. The summed E-state index contributed by atoms with van der Waals surface area (Å²) in [5, 5.41) is 2.90. The number of thiocarbonyl (C=S) groups is 1. The van der Waals surface area contributed by atoms with Crippen molar-refractivity contribution in [2.24, 2.45) is 5.73 Å². The number of ether oxygens (including phenoxy) is 1. The molecule has 1 aliphatic rings. The molecule has 1 heterocycles. The topological polar surface area (TPSA) is 60.2 Å². The SMILES string of the molecule is COC1(CNc2nc(C(F)(F)F)ccc2C(N)=S)CCC1. The van der Waals surface area contributed by atoms with E-state index in [1.165, 1.54) is 6.07 Å². The number of nitrogens with two attached hydrogens (primary N) is 1. The molecule has 0 amide bonds. The van der Waals surface area contributed by atoms with E-state index in [1.807, 2.05) is 0 Å². The molecule has 116 valence electrons. The third kappa shape index (κ3) is 3.44. The number of halogens is 3. The lowest BCUT2D eigenvalue weighted by Crippen LogP contribution is -2.45. The van der Waals surface area contributed by atoms with Crippen molar-refractivity contribution in [1.29, 1.82) is 0 Å². The summed E-state index contributed by atoms with van der Waals surface area (Å²) in [5.41, 5.74) is 4.50. The molecule has 8 heteroatoms. The van der Waals surface area contributed by atoms with Gasteiger partial charge in [0.15, 0.2) is 0 Å². The molecule has 4 nitrogen and oxygen atoms in total. The predicted molar refractivity (Wildman–Crippen MR) is 77.2 cm³/mol. The number of aromatic nitrogens is 1. The Morgan fingerprint density at radius 1 is 1.48 bits per heavy atom. The zero-order valence-electron chi connectivity index (χ0n) is 11.5. The number of alkyl halides is 3.